The molecule has 0 atom stereocenters. The average molecular weight is 479 g/mol. The summed E-state index contributed by atoms with van der Waals surface area (Å²) in [6.07, 6.45) is 5.03. The number of methoxy groups -OCH3 is 2. The van der Waals surface area contributed by atoms with Crippen molar-refractivity contribution in [2.24, 2.45) is 0 Å². The van der Waals surface area contributed by atoms with E-state index in [1.165, 1.54) is 0 Å². The molecule has 2 heterocycles. The van der Waals surface area contributed by atoms with E-state index in [0.717, 1.165) is 55.4 Å². The zero-order valence-electron chi connectivity index (χ0n) is 20.6. The number of hydrogen-bond acceptors (Lipinski definition) is 5. The lowest BCUT2D eigenvalue weighted by Gasteiger charge is -2.14. The Morgan fingerprint density at radius 1 is 1.00 bits per heavy atom. The number of ether oxygens (including phenoxy) is 2. The summed E-state index contributed by atoms with van der Waals surface area (Å²) in [6, 6.07) is 19.4. The van der Waals surface area contributed by atoms with Gasteiger partial charge in [-0.15, -0.1) is 0 Å². The fourth-order valence-corrected chi connectivity index (χ4v) is 4.60. The van der Waals surface area contributed by atoms with Gasteiger partial charge in [0.05, 0.1) is 31.7 Å². The molecule has 0 aliphatic rings. The smallest absolute Gasteiger partial charge is 0.248 e. The number of nitrogens with one attached hydrogen (secondary N) is 1. The summed E-state index contributed by atoms with van der Waals surface area (Å²) in [5.41, 5.74) is 6.41. The highest BCUT2D eigenvalue weighted by Gasteiger charge is 2.20. The quantitative estimate of drug-likeness (QED) is 0.266. The van der Waals surface area contributed by atoms with Crippen LogP contribution in [0, 0.1) is 6.92 Å². The van der Waals surface area contributed by atoms with E-state index in [9.17, 15) is 4.79 Å². The summed E-state index contributed by atoms with van der Waals surface area (Å²) in [5.74, 6) is 1.17. The number of nitrogens with zero attached hydrogens (tertiary/aromatic N) is 1. The number of hydrogen-bond donors (Lipinski definition) is 1. The van der Waals surface area contributed by atoms with Crippen LogP contribution in [0.4, 0.5) is 5.69 Å². The summed E-state index contributed by atoms with van der Waals surface area (Å²) in [7, 11) is 3.27. The van der Waals surface area contributed by atoms with Crippen LogP contribution in [0.15, 0.2) is 83.6 Å². The van der Waals surface area contributed by atoms with Crippen LogP contribution in [-0.4, -0.2) is 25.1 Å². The van der Waals surface area contributed by atoms with E-state index in [2.05, 4.69) is 10.3 Å². The van der Waals surface area contributed by atoms with Crippen LogP contribution >= 0.6 is 0 Å². The second kappa shape index (κ2) is 9.58. The first-order chi connectivity index (χ1) is 17.5. The van der Waals surface area contributed by atoms with Crippen molar-refractivity contribution in [3.8, 4) is 22.6 Å². The number of para-hydroxylation sites is 2. The van der Waals surface area contributed by atoms with Gasteiger partial charge in [-0.25, -0.2) is 0 Å². The summed E-state index contributed by atoms with van der Waals surface area (Å²) >= 11 is 0. The molecule has 5 rings (SSSR count). The largest absolute Gasteiger partial charge is 0.496 e. The molecule has 5 aromatic rings. The molecule has 2 aromatic heterocycles. The molecule has 180 valence electrons. The van der Waals surface area contributed by atoms with E-state index >= 15 is 0 Å². The lowest BCUT2D eigenvalue weighted by atomic mass is 9.96. The van der Waals surface area contributed by atoms with Gasteiger partial charge in [0.15, 0.2) is 0 Å². The summed E-state index contributed by atoms with van der Waals surface area (Å²) in [4.78, 5) is 17.4. The number of fused-ring (bicyclic) bond motifs is 2. The molecule has 0 saturated heterocycles. The van der Waals surface area contributed by atoms with Crippen LogP contribution in [-0.2, 0) is 4.79 Å². The zero-order chi connectivity index (χ0) is 25.2. The van der Waals surface area contributed by atoms with Gasteiger partial charge in [0.1, 0.15) is 17.1 Å². The number of aromatic nitrogens is 1. The maximum Gasteiger partial charge on any atom is 0.248 e. The fraction of sp³-hybridized carbons (Fsp3) is 0.133. The fourth-order valence-electron chi connectivity index (χ4n) is 4.60. The van der Waals surface area contributed by atoms with Crippen LogP contribution in [0.2, 0.25) is 0 Å². The van der Waals surface area contributed by atoms with Crippen LogP contribution in [0.3, 0.4) is 0 Å². The molecule has 6 nitrogen and oxygen atoms in total. The highest BCUT2D eigenvalue weighted by molar-refractivity contribution is 6.09. The number of aryl methyl sites for hydroxylation is 1. The first-order valence-corrected chi connectivity index (χ1v) is 11.6. The first-order valence-electron chi connectivity index (χ1n) is 11.6. The highest BCUT2D eigenvalue weighted by atomic mass is 16.5. The normalized spacial score (nSPS) is 11.6. The Bertz CT molecular complexity index is 1630. The van der Waals surface area contributed by atoms with Gasteiger partial charge in [-0.3, -0.25) is 9.78 Å². The molecule has 1 amide bonds. The lowest BCUT2D eigenvalue weighted by Crippen LogP contribution is -2.09. The van der Waals surface area contributed by atoms with Gasteiger partial charge in [0, 0.05) is 45.3 Å². The Kier molecular flexibility index (Phi) is 6.17. The number of pyridine rings is 1. The van der Waals surface area contributed by atoms with Gasteiger partial charge in [-0.1, -0.05) is 36.4 Å². The monoisotopic (exact) mass is 478 g/mol. The number of furan rings is 1. The number of benzene rings is 3. The molecule has 3 aromatic carbocycles. The molecule has 0 bridgehead atoms. The van der Waals surface area contributed by atoms with Crippen molar-refractivity contribution in [3.63, 3.8) is 0 Å². The van der Waals surface area contributed by atoms with E-state index in [4.69, 9.17) is 13.9 Å². The van der Waals surface area contributed by atoms with E-state index < -0.39 is 0 Å². The molecular formula is C30H26N2O4. The zero-order valence-corrected chi connectivity index (χ0v) is 20.6. The minimum Gasteiger partial charge on any atom is -0.496 e. The van der Waals surface area contributed by atoms with E-state index in [1.54, 1.807) is 32.8 Å². The molecule has 0 aliphatic heterocycles. The Morgan fingerprint density at radius 2 is 1.81 bits per heavy atom. The number of allylic oxidation sites excluding steroid dienone is 1. The molecule has 0 radical (unpaired) electrons. The van der Waals surface area contributed by atoms with Crippen molar-refractivity contribution in [3.05, 3.63) is 90.3 Å². The third-order valence-electron chi connectivity index (χ3n) is 6.31. The molecule has 6 heteroatoms. The second-order valence-corrected chi connectivity index (χ2v) is 8.51. The van der Waals surface area contributed by atoms with Crippen LogP contribution in [0.25, 0.3) is 38.6 Å². The van der Waals surface area contributed by atoms with Crippen molar-refractivity contribution >= 4 is 39.0 Å². The first kappa shape index (κ1) is 23.2. The number of anilines is 1. The minimum absolute atomic E-state index is 0.248. The van der Waals surface area contributed by atoms with E-state index in [1.807, 2.05) is 74.5 Å². The van der Waals surface area contributed by atoms with Gasteiger partial charge < -0.3 is 19.2 Å². The maximum absolute atomic E-state index is 13.0. The predicted molar refractivity (Wildman–Crippen MR) is 144 cm³/mol. The SMILES string of the molecule is COc1ccccc1-c1coc2c(C)c(OC)c(/C(C)=C/C(=O)Nc3cccc4cccnc34)cc12. The van der Waals surface area contributed by atoms with Gasteiger partial charge in [0.2, 0.25) is 5.91 Å². The van der Waals surface area contributed by atoms with Gasteiger partial charge >= 0.3 is 0 Å². The standard InChI is InChI=1S/C30H26N2O4/c1-18(15-27(33)32-25-12-7-9-20-10-8-14-31-28(20)25)22-16-23-24(21-11-5-6-13-26(21)34-3)17-36-30(23)19(2)29(22)35-4/h5-17H,1-4H3,(H,32,33)/b18-15+. The number of amides is 1. The van der Waals surface area contributed by atoms with Crippen molar-refractivity contribution in [2.75, 3.05) is 19.5 Å². The summed E-state index contributed by atoms with van der Waals surface area (Å²) < 4.78 is 17.3. The van der Waals surface area contributed by atoms with Crippen molar-refractivity contribution < 1.29 is 18.7 Å². The van der Waals surface area contributed by atoms with E-state index in [-0.39, 0.29) is 5.91 Å². The molecule has 0 unspecified atom stereocenters. The molecule has 0 fully saturated rings. The predicted octanol–water partition coefficient (Wildman–Crippen LogP) is 7.02. The Labute approximate surface area is 209 Å². The Hall–Kier alpha value is -4.58. The number of rotatable bonds is 6. The molecule has 0 spiro atoms. The van der Waals surface area contributed by atoms with Crippen LogP contribution in [0.5, 0.6) is 11.5 Å². The lowest BCUT2D eigenvalue weighted by molar-refractivity contribution is -0.111. The maximum atomic E-state index is 13.0. The number of carbonyl (C=O) groups excluding carboxylic acids is 1. The Balaban J connectivity index is 1.57. The average Bonchev–Trinajstić information content (AvgIpc) is 3.33. The van der Waals surface area contributed by atoms with Crippen LogP contribution < -0.4 is 14.8 Å². The van der Waals surface area contributed by atoms with Crippen molar-refractivity contribution in [1.29, 1.82) is 0 Å². The van der Waals surface area contributed by atoms with Crippen LogP contribution in [0.1, 0.15) is 18.1 Å². The van der Waals surface area contributed by atoms with Gasteiger partial charge in [-0.05, 0) is 43.7 Å². The third-order valence-corrected chi connectivity index (χ3v) is 6.31. The topological polar surface area (TPSA) is 73.6 Å². The number of carbonyl (C=O) groups is 1. The molecular weight excluding hydrogens is 452 g/mol. The Morgan fingerprint density at radius 3 is 2.61 bits per heavy atom. The van der Waals surface area contributed by atoms with Crippen molar-refractivity contribution in [2.45, 2.75) is 13.8 Å². The van der Waals surface area contributed by atoms with Gasteiger partial charge in [0.25, 0.3) is 0 Å². The second-order valence-electron chi connectivity index (χ2n) is 8.51. The summed E-state index contributed by atoms with van der Waals surface area (Å²) in [6.45, 7) is 3.85. The minimum atomic E-state index is -0.248. The third kappa shape index (κ3) is 4.07. The molecule has 0 aliphatic carbocycles. The van der Waals surface area contributed by atoms with E-state index in [0.29, 0.717) is 11.4 Å². The van der Waals surface area contributed by atoms with Gasteiger partial charge in [-0.2, -0.15) is 0 Å². The highest BCUT2D eigenvalue weighted by Crippen LogP contribution is 2.42. The molecule has 0 saturated carbocycles. The molecule has 36 heavy (non-hydrogen) atoms. The summed E-state index contributed by atoms with van der Waals surface area (Å²) in [5, 5.41) is 4.85. The van der Waals surface area contributed by atoms with Crippen molar-refractivity contribution in [1.82, 2.24) is 4.98 Å². The molecule has 1 N–H and O–H groups in total.